The highest BCUT2D eigenvalue weighted by Gasteiger charge is 2.43. The fraction of sp³-hybridized carbons (Fsp3) is 0.500. The van der Waals surface area contributed by atoms with Crippen molar-refractivity contribution >= 4 is 11.8 Å². The summed E-state index contributed by atoms with van der Waals surface area (Å²) < 4.78 is 0. The van der Waals surface area contributed by atoms with Crippen molar-refractivity contribution in [3.63, 3.8) is 0 Å². The molecule has 2 bridgehead atoms. The van der Waals surface area contributed by atoms with Gasteiger partial charge in [-0.05, 0) is 36.8 Å². The number of rotatable bonds is 6. The molecule has 0 spiro atoms. The Bertz CT molecular complexity index is 789. The Kier molecular flexibility index (Phi) is 3.63. The first-order chi connectivity index (χ1) is 12.3. The van der Waals surface area contributed by atoms with Gasteiger partial charge in [-0.1, -0.05) is 24.3 Å². The van der Waals surface area contributed by atoms with E-state index in [1.165, 1.54) is 36.1 Å². The quantitative estimate of drug-likeness (QED) is 0.793. The molecule has 130 valence electrons. The van der Waals surface area contributed by atoms with Gasteiger partial charge in [-0.2, -0.15) is 4.98 Å². The van der Waals surface area contributed by atoms with Crippen LogP contribution in [0.25, 0.3) is 0 Å². The zero-order valence-corrected chi connectivity index (χ0v) is 14.4. The van der Waals surface area contributed by atoms with Crippen LogP contribution in [0.2, 0.25) is 0 Å². The minimum Gasteiger partial charge on any atom is -0.396 e. The Balaban J connectivity index is 1.46. The smallest absolute Gasteiger partial charge is 0.224 e. The highest BCUT2D eigenvalue weighted by molar-refractivity contribution is 5.55. The number of aliphatic hydroxyl groups is 1. The number of aromatic nitrogens is 2. The van der Waals surface area contributed by atoms with Crippen molar-refractivity contribution in [2.75, 3.05) is 29.9 Å². The first kappa shape index (κ1) is 15.1. The maximum absolute atomic E-state index is 9.00. The monoisotopic (exact) mass is 336 g/mol. The van der Waals surface area contributed by atoms with Crippen LogP contribution in [-0.2, 0) is 0 Å². The van der Waals surface area contributed by atoms with Crippen LogP contribution < -0.4 is 10.2 Å². The lowest BCUT2D eigenvalue weighted by Gasteiger charge is -2.30. The number of fused-ring (bicyclic) bond motifs is 5. The molecule has 0 amide bonds. The molecule has 2 N–H and O–H groups in total. The van der Waals surface area contributed by atoms with Gasteiger partial charge < -0.3 is 15.3 Å². The zero-order valence-electron chi connectivity index (χ0n) is 14.4. The molecule has 2 atom stereocenters. The Hall–Kier alpha value is -2.14. The number of nitrogens with one attached hydrogen (secondary N) is 1. The van der Waals surface area contributed by atoms with Crippen LogP contribution in [0.3, 0.4) is 0 Å². The first-order valence-corrected chi connectivity index (χ1v) is 9.42. The molecule has 25 heavy (non-hydrogen) atoms. The van der Waals surface area contributed by atoms with Crippen LogP contribution >= 0.6 is 0 Å². The van der Waals surface area contributed by atoms with Gasteiger partial charge in [0.15, 0.2) is 0 Å². The van der Waals surface area contributed by atoms with Gasteiger partial charge in [0.2, 0.25) is 5.95 Å². The van der Waals surface area contributed by atoms with Gasteiger partial charge in [-0.3, -0.25) is 0 Å². The molecule has 2 aromatic rings. The standard InChI is InChI=1S/C20H24N4O/c25-9-3-8-21-20-22-17(13-6-7-13)11-19(23-20)24-12-14-10-18(24)16-5-2-1-4-15(14)16/h1-2,4-5,11,13-14,18,25H,3,6-10,12H2,(H,21,22,23)/t14-,18+/m1/s1. The van der Waals surface area contributed by atoms with Crippen molar-refractivity contribution in [2.45, 2.75) is 43.6 Å². The summed E-state index contributed by atoms with van der Waals surface area (Å²) in [5.41, 5.74) is 4.18. The molecule has 0 unspecified atom stereocenters. The lowest BCUT2D eigenvalue weighted by Crippen LogP contribution is -2.28. The van der Waals surface area contributed by atoms with Crippen LogP contribution in [0, 0.1) is 0 Å². The van der Waals surface area contributed by atoms with Crippen molar-refractivity contribution in [1.29, 1.82) is 0 Å². The second-order valence-electron chi connectivity index (χ2n) is 7.48. The van der Waals surface area contributed by atoms with E-state index in [9.17, 15) is 0 Å². The molecule has 2 fully saturated rings. The Labute approximate surface area is 148 Å². The Morgan fingerprint density at radius 1 is 1.12 bits per heavy atom. The second-order valence-corrected chi connectivity index (χ2v) is 7.48. The molecule has 0 radical (unpaired) electrons. The fourth-order valence-corrected chi connectivity index (χ4v) is 4.34. The average Bonchev–Trinajstić information content (AvgIpc) is 3.32. The summed E-state index contributed by atoms with van der Waals surface area (Å²) in [6.07, 6.45) is 4.40. The molecule has 2 aliphatic carbocycles. The number of aliphatic hydroxyl groups excluding tert-OH is 1. The van der Waals surface area contributed by atoms with E-state index in [2.05, 4.69) is 40.5 Å². The van der Waals surface area contributed by atoms with Crippen LogP contribution in [0.4, 0.5) is 11.8 Å². The SMILES string of the molecule is OCCCNc1nc(C2CC2)cc(N2C[C@H]3C[C@H]2c2ccccc23)n1. The first-order valence-electron chi connectivity index (χ1n) is 9.42. The summed E-state index contributed by atoms with van der Waals surface area (Å²) in [4.78, 5) is 12.0. The van der Waals surface area contributed by atoms with E-state index < -0.39 is 0 Å². The van der Waals surface area contributed by atoms with E-state index in [1.807, 2.05) is 0 Å². The number of hydrogen-bond acceptors (Lipinski definition) is 5. The molecule has 3 aliphatic rings. The zero-order chi connectivity index (χ0) is 16.8. The molecular weight excluding hydrogens is 312 g/mol. The van der Waals surface area contributed by atoms with E-state index in [1.54, 1.807) is 0 Å². The third-order valence-corrected chi connectivity index (χ3v) is 5.74. The van der Waals surface area contributed by atoms with Crippen molar-refractivity contribution in [3.8, 4) is 0 Å². The van der Waals surface area contributed by atoms with E-state index in [-0.39, 0.29) is 6.61 Å². The molecule has 1 aromatic heterocycles. The topological polar surface area (TPSA) is 61.3 Å². The number of benzene rings is 1. The average molecular weight is 336 g/mol. The molecule has 1 saturated carbocycles. The third-order valence-electron chi connectivity index (χ3n) is 5.74. The van der Waals surface area contributed by atoms with Crippen LogP contribution in [-0.4, -0.2) is 34.8 Å². The van der Waals surface area contributed by atoms with Crippen molar-refractivity contribution < 1.29 is 5.11 Å². The lowest BCUT2D eigenvalue weighted by atomic mass is 9.99. The number of nitrogens with zero attached hydrogens (tertiary/aromatic N) is 3. The summed E-state index contributed by atoms with van der Waals surface area (Å²) in [5, 5.41) is 12.3. The van der Waals surface area contributed by atoms with Gasteiger partial charge in [0.05, 0.1) is 11.7 Å². The van der Waals surface area contributed by atoms with Crippen LogP contribution in [0.5, 0.6) is 0 Å². The van der Waals surface area contributed by atoms with Gasteiger partial charge in [-0.25, -0.2) is 4.98 Å². The summed E-state index contributed by atoms with van der Waals surface area (Å²) in [6, 6.07) is 11.5. The third kappa shape index (κ3) is 2.67. The van der Waals surface area contributed by atoms with E-state index in [4.69, 9.17) is 15.1 Å². The molecule has 2 heterocycles. The largest absolute Gasteiger partial charge is 0.396 e. The van der Waals surface area contributed by atoms with Crippen molar-refractivity contribution in [3.05, 3.63) is 47.2 Å². The van der Waals surface area contributed by atoms with Crippen LogP contribution in [0.1, 0.15) is 60.4 Å². The van der Waals surface area contributed by atoms with Gasteiger partial charge in [0.1, 0.15) is 5.82 Å². The summed E-state index contributed by atoms with van der Waals surface area (Å²) >= 11 is 0. The highest BCUT2D eigenvalue weighted by atomic mass is 16.3. The molecule has 1 aliphatic heterocycles. The maximum Gasteiger partial charge on any atom is 0.224 e. The molecule has 5 nitrogen and oxygen atoms in total. The normalized spacial score (nSPS) is 23.8. The number of anilines is 2. The van der Waals surface area contributed by atoms with E-state index >= 15 is 0 Å². The fourth-order valence-electron chi connectivity index (χ4n) is 4.34. The van der Waals surface area contributed by atoms with Crippen LogP contribution in [0.15, 0.2) is 30.3 Å². The van der Waals surface area contributed by atoms with Gasteiger partial charge in [-0.15, -0.1) is 0 Å². The number of hydrogen-bond donors (Lipinski definition) is 2. The summed E-state index contributed by atoms with van der Waals surface area (Å²) in [6.45, 7) is 1.95. The van der Waals surface area contributed by atoms with Gasteiger partial charge in [0, 0.05) is 37.6 Å². The predicted octanol–water partition coefficient (Wildman–Crippen LogP) is 3.20. The Morgan fingerprint density at radius 2 is 1.96 bits per heavy atom. The minimum absolute atomic E-state index is 0.189. The highest BCUT2D eigenvalue weighted by Crippen LogP contribution is 2.51. The van der Waals surface area contributed by atoms with E-state index in [0.717, 1.165) is 12.4 Å². The Morgan fingerprint density at radius 3 is 2.76 bits per heavy atom. The molecule has 5 heteroatoms. The lowest BCUT2D eigenvalue weighted by molar-refractivity contribution is 0.292. The maximum atomic E-state index is 9.00. The van der Waals surface area contributed by atoms with E-state index in [0.29, 0.717) is 36.8 Å². The molecule has 5 rings (SSSR count). The molecular formula is C20H24N4O. The van der Waals surface area contributed by atoms with Gasteiger partial charge in [0.25, 0.3) is 0 Å². The molecule has 1 aromatic carbocycles. The summed E-state index contributed by atoms with van der Waals surface area (Å²) in [5.74, 6) is 3.01. The minimum atomic E-state index is 0.189. The predicted molar refractivity (Wildman–Crippen MR) is 98.1 cm³/mol. The van der Waals surface area contributed by atoms with Crippen molar-refractivity contribution in [2.24, 2.45) is 0 Å². The molecule has 1 saturated heterocycles. The summed E-state index contributed by atoms with van der Waals surface area (Å²) in [7, 11) is 0. The van der Waals surface area contributed by atoms with Gasteiger partial charge >= 0.3 is 0 Å². The van der Waals surface area contributed by atoms with Crippen molar-refractivity contribution in [1.82, 2.24) is 9.97 Å². The second kappa shape index (κ2) is 5.99.